The van der Waals surface area contributed by atoms with Crippen molar-refractivity contribution in [2.24, 2.45) is 0 Å². The maximum Gasteiger partial charge on any atom is 0.241 e. The summed E-state index contributed by atoms with van der Waals surface area (Å²) in [6.45, 7) is 1.65. The Morgan fingerprint density at radius 2 is 1.71 bits per heavy atom. The van der Waals surface area contributed by atoms with Crippen molar-refractivity contribution in [3.05, 3.63) is 77.0 Å². The lowest BCUT2D eigenvalue weighted by Gasteiger charge is -2.16. The fourth-order valence-corrected chi connectivity index (χ4v) is 3.48. The normalized spacial score (nSPS) is 12.9. The summed E-state index contributed by atoms with van der Waals surface area (Å²) < 4.78 is 33.4. The Balaban J connectivity index is 1.99. The van der Waals surface area contributed by atoms with Crippen molar-refractivity contribution in [3.63, 3.8) is 0 Å². The molecule has 1 heterocycles. The van der Waals surface area contributed by atoms with Gasteiger partial charge in [-0.1, -0.05) is 41.9 Å². The molecule has 3 aromatic rings. The molecule has 1 atom stereocenters. The van der Waals surface area contributed by atoms with Crippen molar-refractivity contribution in [2.75, 3.05) is 0 Å². The molecule has 0 amide bonds. The van der Waals surface area contributed by atoms with E-state index >= 15 is 0 Å². The Kier molecular flexibility index (Phi) is 4.66. The second-order valence-electron chi connectivity index (χ2n) is 5.08. The number of aromatic nitrogens is 2. The Morgan fingerprint density at radius 3 is 2.29 bits per heavy atom. The molecular formula is C16H14ClN3O3S. The van der Waals surface area contributed by atoms with Gasteiger partial charge in [-0.2, -0.15) is 4.72 Å². The van der Waals surface area contributed by atoms with E-state index in [4.69, 9.17) is 16.0 Å². The third kappa shape index (κ3) is 3.64. The van der Waals surface area contributed by atoms with Gasteiger partial charge in [-0.25, -0.2) is 8.42 Å². The first kappa shape index (κ1) is 16.6. The average Bonchev–Trinajstić information content (AvgIpc) is 3.00. The van der Waals surface area contributed by atoms with Gasteiger partial charge in [0.1, 0.15) is 6.04 Å². The monoisotopic (exact) mass is 363 g/mol. The molecule has 1 unspecified atom stereocenters. The van der Waals surface area contributed by atoms with Gasteiger partial charge < -0.3 is 4.42 Å². The van der Waals surface area contributed by atoms with E-state index in [1.807, 2.05) is 18.2 Å². The van der Waals surface area contributed by atoms with Crippen LogP contribution in [-0.2, 0) is 10.0 Å². The van der Waals surface area contributed by atoms with Gasteiger partial charge in [0.05, 0.1) is 4.90 Å². The van der Waals surface area contributed by atoms with E-state index in [-0.39, 0.29) is 10.8 Å². The van der Waals surface area contributed by atoms with E-state index in [9.17, 15) is 8.42 Å². The molecule has 3 rings (SSSR count). The highest BCUT2D eigenvalue weighted by Crippen LogP contribution is 2.24. The first-order valence-electron chi connectivity index (χ1n) is 7.08. The lowest BCUT2D eigenvalue weighted by molar-refractivity contribution is 0.436. The predicted molar refractivity (Wildman–Crippen MR) is 89.1 cm³/mol. The molecular weight excluding hydrogens is 350 g/mol. The van der Waals surface area contributed by atoms with Gasteiger partial charge in [0.15, 0.2) is 0 Å². The summed E-state index contributed by atoms with van der Waals surface area (Å²) in [5, 5.41) is 8.19. The highest BCUT2D eigenvalue weighted by molar-refractivity contribution is 7.89. The summed E-state index contributed by atoms with van der Waals surface area (Å²) in [7, 11) is -3.80. The van der Waals surface area contributed by atoms with Gasteiger partial charge >= 0.3 is 0 Å². The predicted octanol–water partition coefficient (Wildman–Crippen LogP) is 3.10. The maximum absolute atomic E-state index is 12.7. The van der Waals surface area contributed by atoms with Crippen LogP contribution >= 0.6 is 11.6 Å². The van der Waals surface area contributed by atoms with Crippen LogP contribution in [0.4, 0.5) is 0 Å². The van der Waals surface area contributed by atoms with Crippen LogP contribution < -0.4 is 4.72 Å². The van der Waals surface area contributed by atoms with Crippen LogP contribution in [0.2, 0.25) is 5.02 Å². The zero-order chi connectivity index (χ0) is 17.2. The zero-order valence-electron chi connectivity index (χ0n) is 12.7. The maximum atomic E-state index is 12.7. The Hall–Kier alpha value is -2.22. The number of benzene rings is 2. The van der Waals surface area contributed by atoms with Crippen LogP contribution in [0, 0.1) is 6.92 Å². The summed E-state index contributed by atoms with van der Waals surface area (Å²) >= 11 is 5.81. The fraction of sp³-hybridized carbons (Fsp3) is 0.125. The number of hydrogen-bond acceptors (Lipinski definition) is 5. The van der Waals surface area contributed by atoms with Crippen LogP contribution in [0.3, 0.4) is 0 Å². The molecule has 0 aliphatic rings. The number of aryl methyl sites for hydroxylation is 1. The lowest BCUT2D eigenvalue weighted by Crippen LogP contribution is -2.29. The van der Waals surface area contributed by atoms with Gasteiger partial charge in [-0.15, -0.1) is 10.2 Å². The minimum absolute atomic E-state index is 0.101. The highest BCUT2D eigenvalue weighted by Gasteiger charge is 2.26. The minimum Gasteiger partial charge on any atom is -0.423 e. The lowest BCUT2D eigenvalue weighted by atomic mass is 10.1. The topological polar surface area (TPSA) is 85.1 Å². The van der Waals surface area contributed by atoms with E-state index in [0.29, 0.717) is 16.5 Å². The van der Waals surface area contributed by atoms with E-state index in [1.165, 1.54) is 24.3 Å². The van der Waals surface area contributed by atoms with Gasteiger partial charge in [-0.3, -0.25) is 0 Å². The number of nitrogens with zero attached hydrogens (tertiary/aromatic N) is 2. The molecule has 24 heavy (non-hydrogen) atoms. The highest BCUT2D eigenvalue weighted by atomic mass is 35.5. The minimum atomic E-state index is -3.80. The first-order valence-corrected chi connectivity index (χ1v) is 8.95. The molecule has 0 radical (unpaired) electrons. The number of sulfonamides is 1. The Labute approximate surface area is 144 Å². The van der Waals surface area contributed by atoms with Crippen LogP contribution in [-0.4, -0.2) is 18.6 Å². The molecule has 0 spiro atoms. The van der Waals surface area contributed by atoms with Crippen molar-refractivity contribution in [1.82, 2.24) is 14.9 Å². The summed E-state index contributed by atoms with van der Waals surface area (Å²) in [6, 6.07) is 14.2. The summed E-state index contributed by atoms with van der Waals surface area (Å²) in [4.78, 5) is 0.101. The molecule has 0 saturated carbocycles. The van der Waals surface area contributed by atoms with E-state index in [1.54, 1.807) is 19.1 Å². The third-order valence-electron chi connectivity index (χ3n) is 3.32. The van der Waals surface area contributed by atoms with Gasteiger partial charge in [-0.05, 0) is 29.8 Å². The molecule has 2 aromatic carbocycles. The second kappa shape index (κ2) is 6.72. The molecule has 8 heteroatoms. The molecule has 0 fully saturated rings. The molecule has 1 N–H and O–H groups in total. The van der Waals surface area contributed by atoms with Crippen molar-refractivity contribution in [2.45, 2.75) is 17.9 Å². The SMILES string of the molecule is Cc1nnc(C(NS(=O)(=O)c2ccc(Cl)cc2)c2ccccc2)o1. The number of rotatable bonds is 5. The zero-order valence-corrected chi connectivity index (χ0v) is 14.3. The Bertz CT molecular complexity index is 925. The largest absolute Gasteiger partial charge is 0.423 e. The molecule has 124 valence electrons. The standard InChI is InChI=1S/C16H14ClN3O3S/c1-11-18-19-16(23-11)15(12-5-3-2-4-6-12)20-24(21,22)14-9-7-13(17)8-10-14/h2-10,15,20H,1H3. The quantitative estimate of drug-likeness (QED) is 0.752. The van der Waals surface area contributed by atoms with Crippen molar-refractivity contribution >= 4 is 21.6 Å². The van der Waals surface area contributed by atoms with Crippen molar-refractivity contribution in [1.29, 1.82) is 0 Å². The Morgan fingerprint density at radius 1 is 1.04 bits per heavy atom. The van der Waals surface area contributed by atoms with E-state index < -0.39 is 16.1 Å². The van der Waals surface area contributed by atoms with Crippen LogP contribution in [0.5, 0.6) is 0 Å². The average molecular weight is 364 g/mol. The smallest absolute Gasteiger partial charge is 0.241 e. The number of hydrogen-bond donors (Lipinski definition) is 1. The molecule has 0 aliphatic carbocycles. The third-order valence-corrected chi connectivity index (χ3v) is 5.01. The van der Waals surface area contributed by atoms with Crippen molar-refractivity contribution < 1.29 is 12.8 Å². The molecule has 0 bridgehead atoms. The summed E-state index contributed by atoms with van der Waals surface area (Å²) in [5.74, 6) is 0.535. The van der Waals surface area contributed by atoms with E-state index in [0.717, 1.165) is 0 Å². The van der Waals surface area contributed by atoms with Crippen LogP contribution in [0.25, 0.3) is 0 Å². The van der Waals surface area contributed by atoms with Gasteiger partial charge in [0, 0.05) is 11.9 Å². The van der Waals surface area contributed by atoms with Crippen molar-refractivity contribution in [3.8, 4) is 0 Å². The van der Waals surface area contributed by atoms with Crippen LogP contribution in [0.1, 0.15) is 23.4 Å². The fourth-order valence-electron chi connectivity index (χ4n) is 2.17. The molecule has 0 aliphatic heterocycles. The number of nitrogens with one attached hydrogen (secondary N) is 1. The summed E-state index contributed by atoms with van der Waals surface area (Å²) in [5.41, 5.74) is 0.693. The van der Waals surface area contributed by atoms with Gasteiger partial charge in [0.25, 0.3) is 0 Å². The first-order chi connectivity index (χ1) is 11.5. The van der Waals surface area contributed by atoms with Gasteiger partial charge in [0.2, 0.25) is 21.8 Å². The van der Waals surface area contributed by atoms with E-state index in [2.05, 4.69) is 14.9 Å². The summed E-state index contributed by atoms with van der Waals surface area (Å²) in [6.07, 6.45) is 0. The molecule has 6 nitrogen and oxygen atoms in total. The number of halogens is 1. The van der Waals surface area contributed by atoms with Crippen LogP contribution in [0.15, 0.2) is 63.9 Å². The second-order valence-corrected chi connectivity index (χ2v) is 7.23. The molecule has 0 saturated heterocycles. The molecule has 1 aromatic heterocycles.